The van der Waals surface area contributed by atoms with Gasteiger partial charge in [0, 0.05) is 26.8 Å². The molecule has 0 aliphatic rings. The predicted octanol–water partition coefficient (Wildman–Crippen LogP) is 4.37. The van der Waals surface area contributed by atoms with E-state index in [4.69, 9.17) is 16.3 Å². The number of ether oxygens (including phenoxy) is 1. The molecule has 0 radical (unpaired) electrons. The molecule has 1 N–H and O–H groups in total. The molecule has 0 bridgehead atoms. The van der Waals surface area contributed by atoms with Crippen molar-refractivity contribution in [2.24, 2.45) is 0 Å². The van der Waals surface area contributed by atoms with E-state index in [2.05, 4.69) is 20.9 Å². The minimum Gasteiger partial charge on any atom is -0.492 e. The third-order valence-corrected chi connectivity index (χ3v) is 3.60. The highest BCUT2D eigenvalue weighted by Crippen LogP contribution is 2.31. The molecular formula is C15H15BrClNO2. The van der Waals surface area contributed by atoms with Crippen LogP contribution in [0.4, 0.5) is 0 Å². The average molecular weight is 357 g/mol. The third-order valence-electron chi connectivity index (χ3n) is 2.78. The molecule has 1 aromatic carbocycles. The summed E-state index contributed by atoms with van der Waals surface area (Å²) in [6.07, 6.45) is 3.34. The minimum absolute atomic E-state index is 0.506. The smallest absolute Gasteiger partial charge is 0.137 e. The van der Waals surface area contributed by atoms with Crippen LogP contribution in [0.5, 0.6) is 5.75 Å². The van der Waals surface area contributed by atoms with Crippen LogP contribution in [0.15, 0.2) is 41.1 Å². The monoisotopic (exact) mass is 355 g/mol. The summed E-state index contributed by atoms with van der Waals surface area (Å²) in [6, 6.07) is 7.17. The highest BCUT2D eigenvalue weighted by atomic mass is 79.9. The van der Waals surface area contributed by atoms with Gasteiger partial charge in [0.2, 0.25) is 0 Å². The summed E-state index contributed by atoms with van der Waals surface area (Å²) in [4.78, 5) is 4.09. The van der Waals surface area contributed by atoms with Gasteiger partial charge in [-0.2, -0.15) is 0 Å². The second-order valence-electron chi connectivity index (χ2n) is 4.37. The van der Waals surface area contributed by atoms with Gasteiger partial charge >= 0.3 is 0 Å². The van der Waals surface area contributed by atoms with Gasteiger partial charge in [0.05, 0.1) is 12.8 Å². The van der Waals surface area contributed by atoms with Gasteiger partial charge < -0.3 is 9.84 Å². The van der Waals surface area contributed by atoms with Crippen molar-refractivity contribution >= 4 is 27.5 Å². The molecule has 1 atom stereocenters. The zero-order valence-corrected chi connectivity index (χ0v) is 13.4. The number of halogens is 2. The highest BCUT2D eigenvalue weighted by molar-refractivity contribution is 9.10. The van der Waals surface area contributed by atoms with E-state index in [1.807, 2.05) is 13.0 Å². The van der Waals surface area contributed by atoms with Crippen molar-refractivity contribution < 1.29 is 9.84 Å². The zero-order chi connectivity index (χ0) is 14.5. The van der Waals surface area contributed by atoms with Crippen molar-refractivity contribution in [3.05, 3.63) is 57.3 Å². The molecule has 0 saturated carbocycles. The first kappa shape index (κ1) is 15.3. The van der Waals surface area contributed by atoms with E-state index in [-0.39, 0.29) is 0 Å². The molecule has 1 unspecified atom stereocenters. The van der Waals surface area contributed by atoms with E-state index in [1.165, 1.54) is 0 Å². The van der Waals surface area contributed by atoms with Gasteiger partial charge in [-0.3, -0.25) is 4.98 Å². The van der Waals surface area contributed by atoms with Gasteiger partial charge in [0.25, 0.3) is 0 Å². The SMILES string of the molecule is CCCOc1cncc(C(O)c2ccc(Br)cc2Cl)c1. The maximum atomic E-state index is 10.4. The van der Waals surface area contributed by atoms with Crippen molar-refractivity contribution in [2.75, 3.05) is 6.61 Å². The summed E-state index contributed by atoms with van der Waals surface area (Å²) < 4.78 is 6.39. The lowest BCUT2D eigenvalue weighted by Gasteiger charge is -2.14. The van der Waals surface area contributed by atoms with Crippen molar-refractivity contribution in [3.63, 3.8) is 0 Å². The minimum atomic E-state index is -0.826. The van der Waals surface area contributed by atoms with Crippen LogP contribution in [0.2, 0.25) is 5.02 Å². The molecule has 0 saturated heterocycles. The summed E-state index contributed by atoms with van der Waals surface area (Å²) in [7, 11) is 0. The van der Waals surface area contributed by atoms with Crippen molar-refractivity contribution in [1.29, 1.82) is 0 Å². The van der Waals surface area contributed by atoms with Crippen molar-refractivity contribution in [3.8, 4) is 5.75 Å². The van der Waals surface area contributed by atoms with Crippen LogP contribution < -0.4 is 4.74 Å². The Kier molecular flexibility index (Phi) is 5.40. The second kappa shape index (κ2) is 7.07. The summed E-state index contributed by atoms with van der Waals surface area (Å²) in [6.45, 7) is 2.66. The van der Waals surface area contributed by atoms with Gasteiger partial charge in [-0.05, 0) is 24.6 Å². The summed E-state index contributed by atoms with van der Waals surface area (Å²) >= 11 is 9.50. The first-order chi connectivity index (χ1) is 9.61. The van der Waals surface area contributed by atoms with Crippen LogP contribution in [0, 0.1) is 0 Å². The first-order valence-electron chi connectivity index (χ1n) is 6.32. The van der Waals surface area contributed by atoms with E-state index in [0.29, 0.717) is 28.5 Å². The molecular weight excluding hydrogens is 342 g/mol. The van der Waals surface area contributed by atoms with Crippen molar-refractivity contribution in [2.45, 2.75) is 19.4 Å². The summed E-state index contributed by atoms with van der Waals surface area (Å²) in [5.41, 5.74) is 1.30. The number of pyridine rings is 1. The number of hydrogen-bond donors (Lipinski definition) is 1. The number of benzene rings is 1. The standard InChI is InChI=1S/C15H15BrClNO2/c1-2-5-20-12-6-10(8-18-9-12)15(19)13-4-3-11(16)7-14(13)17/h3-4,6-9,15,19H,2,5H2,1H3. The molecule has 0 spiro atoms. The molecule has 20 heavy (non-hydrogen) atoms. The Hall–Kier alpha value is -1.10. The van der Waals surface area contributed by atoms with Crippen LogP contribution in [0.3, 0.4) is 0 Å². The molecule has 0 aliphatic heterocycles. The topological polar surface area (TPSA) is 42.4 Å². The highest BCUT2D eigenvalue weighted by Gasteiger charge is 2.15. The zero-order valence-electron chi connectivity index (χ0n) is 11.0. The number of rotatable bonds is 5. The largest absolute Gasteiger partial charge is 0.492 e. The lowest BCUT2D eigenvalue weighted by molar-refractivity contribution is 0.219. The van der Waals surface area contributed by atoms with E-state index in [9.17, 15) is 5.11 Å². The molecule has 0 aliphatic carbocycles. The molecule has 0 amide bonds. The molecule has 1 heterocycles. The Morgan fingerprint density at radius 3 is 2.85 bits per heavy atom. The molecule has 0 fully saturated rings. The maximum Gasteiger partial charge on any atom is 0.137 e. The van der Waals surface area contributed by atoms with Gasteiger partial charge in [-0.25, -0.2) is 0 Å². The Bertz CT molecular complexity index is 592. The lowest BCUT2D eigenvalue weighted by Crippen LogP contribution is -2.03. The number of hydrogen-bond acceptors (Lipinski definition) is 3. The Morgan fingerprint density at radius 1 is 1.35 bits per heavy atom. The molecule has 5 heteroatoms. The molecule has 106 valence electrons. The number of aliphatic hydroxyl groups is 1. The molecule has 2 rings (SSSR count). The fourth-order valence-electron chi connectivity index (χ4n) is 1.79. The Labute approximate surface area is 131 Å². The fraction of sp³-hybridized carbons (Fsp3) is 0.267. The number of aromatic nitrogens is 1. The van der Waals surface area contributed by atoms with Gasteiger partial charge in [0.15, 0.2) is 0 Å². The molecule has 3 nitrogen and oxygen atoms in total. The van der Waals surface area contributed by atoms with Gasteiger partial charge in [-0.1, -0.05) is 40.5 Å². The normalized spacial score (nSPS) is 12.2. The van der Waals surface area contributed by atoms with Crippen LogP contribution in [-0.2, 0) is 0 Å². The Balaban J connectivity index is 2.26. The third kappa shape index (κ3) is 3.72. The van der Waals surface area contributed by atoms with Crippen LogP contribution >= 0.6 is 27.5 Å². The van der Waals surface area contributed by atoms with E-state index in [1.54, 1.807) is 30.6 Å². The summed E-state index contributed by atoms with van der Waals surface area (Å²) in [5, 5.41) is 10.9. The van der Waals surface area contributed by atoms with E-state index in [0.717, 1.165) is 10.9 Å². The van der Waals surface area contributed by atoms with E-state index >= 15 is 0 Å². The quantitative estimate of drug-likeness (QED) is 0.865. The maximum absolute atomic E-state index is 10.4. The number of nitrogens with zero attached hydrogens (tertiary/aromatic N) is 1. The summed E-state index contributed by atoms with van der Waals surface area (Å²) in [5.74, 6) is 0.650. The van der Waals surface area contributed by atoms with Crippen LogP contribution in [-0.4, -0.2) is 16.7 Å². The van der Waals surface area contributed by atoms with E-state index < -0.39 is 6.10 Å². The second-order valence-corrected chi connectivity index (χ2v) is 5.69. The van der Waals surface area contributed by atoms with Gasteiger partial charge in [-0.15, -0.1) is 0 Å². The average Bonchev–Trinajstić information content (AvgIpc) is 2.45. The fourth-order valence-corrected chi connectivity index (χ4v) is 2.56. The molecule has 1 aromatic heterocycles. The van der Waals surface area contributed by atoms with Crippen LogP contribution in [0.1, 0.15) is 30.6 Å². The van der Waals surface area contributed by atoms with Crippen molar-refractivity contribution in [1.82, 2.24) is 4.98 Å². The first-order valence-corrected chi connectivity index (χ1v) is 7.49. The van der Waals surface area contributed by atoms with Crippen LogP contribution in [0.25, 0.3) is 0 Å². The number of aliphatic hydroxyl groups excluding tert-OH is 1. The Morgan fingerprint density at radius 2 is 2.15 bits per heavy atom. The van der Waals surface area contributed by atoms with Gasteiger partial charge in [0.1, 0.15) is 11.9 Å². The molecule has 2 aromatic rings. The predicted molar refractivity (Wildman–Crippen MR) is 83.2 cm³/mol. The lowest BCUT2D eigenvalue weighted by atomic mass is 10.0.